The van der Waals surface area contributed by atoms with E-state index in [0.29, 0.717) is 12.2 Å². The van der Waals surface area contributed by atoms with Crippen LogP contribution in [0.15, 0.2) is 35.7 Å². The van der Waals surface area contributed by atoms with Crippen LogP contribution in [0.5, 0.6) is 5.75 Å². The Bertz CT molecular complexity index is 561. The van der Waals surface area contributed by atoms with Gasteiger partial charge in [-0.15, -0.1) is 10.2 Å². The molecule has 18 heavy (non-hydrogen) atoms. The summed E-state index contributed by atoms with van der Waals surface area (Å²) in [6, 6.07) is 9.78. The molecule has 0 saturated heterocycles. The van der Waals surface area contributed by atoms with Crippen molar-refractivity contribution in [1.29, 1.82) is 5.26 Å². The van der Waals surface area contributed by atoms with Crippen molar-refractivity contribution >= 4 is 11.8 Å². The standard InChI is InChI=1S/C12H12N4OS/c1-17-11-5-2-4-10(8-11)16-9-14-15-12(16)18-7-3-6-13/h2,4-5,8-9H,3,7H2,1H3. The van der Waals surface area contributed by atoms with Crippen molar-refractivity contribution in [1.82, 2.24) is 14.8 Å². The summed E-state index contributed by atoms with van der Waals surface area (Å²) in [5.41, 5.74) is 0.943. The first-order chi connectivity index (χ1) is 8.85. The van der Waals surface area contributed by atoms with E-state index in [1.807, 2.05) is 28.8 Å². The fraction of sp³-hybridized carbons (Fsp3) is 0.250. The Hall–Kier alpha value is -2.00. The summed E-state index contributed by atoms with van der Waals surface area (Å²) in [5.74, 6) is 1.49. The third kappa shape index (κ3) is 2.81. The normalized spacial score (nSPS) is 10.0. The van der Waals surface area contributed by atoms with Crippen LogP contribution in [0.2, 0.25) is 0 Å². The van der Waals surface area contributed by atoms with Crippen molar-refractivity contribution in [2.45, 2.75) is 11.6 Å². The van der Waals surface area contributed by atoms with Gasteiger partial charge in [-0.2, -0.15) is 5.26 Å². The fourth-order valence-electron chi connectivity index (χ4n) is 1.45. The second-order valence-electron chi connectivity index (χ2n) is 3.44. The van der Waals surface area contributed by atoms with Gasteiger partial charge in [0, 0.05) is 18.2 Å². The number of nitriles is 1. The molecule has 0 N–H and O–H groups in total. The highest BCUT2D eigenvalue weighted by molar-refractivity contribution is 7.99. The molecule has 0 aliphatic carbocycles. The monoisotopic (exact) mass is 260 g/mol. The van der Waals surface area contributed by atoms with Gasteiger partial charge in [0.15, 0.2) is 5.16 Å². The van der Waals surface area contributed by atoms with E-state index in [2.05, 4.69) is 16.3 Å². The molecule has 92 valence electrons. The Morgan fingerprint density at radius 3 is 3.17 bits per heavy atom. The zero-order chi connectivity index (χ0) is 12.8. The average molecular weight is 260 g/mol. The van der Waals surface area contributed by atoms with Crippen molar-refractivity contribution in [3.63, 3.8) is 0 Å². The van der Waals surface area contributed by atoms with E-state index in [4.69, 9.17) is 10.00 Å². The third-order valence-corrected chi connectivity index (χ3v) is 3.24. The second-order valence-corrected chi connectivity index (χ2v) is 4.50. The number of ether oxygens (including phenoxy) is 1. The molecule has 2 rings (SSSR count). The summed E-state index contributed by atoms with van der Waals surface area (Å²) in [6.07, 6.45) is 2.15. The average Bonchev–Trinajstić information content (AvgIpc) is 2.87. The summed E-state index contributed by atoms with van der Waals surface area (Å²) in [6.45, 7) is 0. The fourth-order valence-corrected chi connectivity index (χ4v) is 2.22. The SMILES string of the molecule is COc1cccc(-n2cnnc2SCCC#N)c1. The molecule has 0 bridgehead atoms. The molecule has 1 aromatic heterocycles. The lowest BCUT2D eigenvalue weighted by molar-refractivity contribution is 0.414. The molecule has 0 radical (unpaired) electrons. The van der Waals surface area contributed by atoms with Crippen molar-refractivity contribution in [2.24, 2.45) is 0 Å². The predicted octanol–water partition coefficient (Wildman–Crippen LogP) is 2.28. The zero-order valence-corrected chi connectivity index (χ0v) is 10.7. The van der Waals surface area contributed by atoms with Gasteiger partial charge in [0.25, 0.3) is 0 Å². The number of hydrogen-bond donors (Lipinski definition) is 0. The first kappa shape index (κ1) is 12.5. The first-order valence-electron chi connectivity index (χ1n) is 5.39. The summed E-state index contributed by atoms with van der Waals surface area (Å²) in [5, 5.41) is 17.2. The topological polar surface area (TPSA) is 63.7 Å². The quantitative estimate of drug-likeness (QED) is 0.609. The highest BCUT2D eigenvalue weighted by atomic mass is 32.2. The molecule has 0 atom stereocenters. The smallest absolute Gasteiger partial charge is 0.195 e. The van der Waals surface area contributed by atoms with E-state index >= 15 is 0 Å². The minimum atomic E-state index is 0.496. The van der Waals surface area contributed by atoms with E-state index in [1.165, 1.54) is 11.8 Å². The van der Waals surface area contributed by atoms with E-state index in [0.717, 1.165) is 16.6 Å². The van der Waals surface area contributed by atoms with E-state index in [-0.39, 0.29) is 0 Å². The van der Waals surface area contributed by atoms with Crippen molar-refractivity contribution in [3.8, 4) is 17.5 Å². The summed E-state index contributed by atoms with van der Waals surface area (Å²) < 4.78 is 7.07. The lowest BCUT2D eigenvalue weighted by Crippen LogP contribution is -1.96. The predicted molar refractivity (Wildman–Crippen MR) is 68.9 cm³/mol. The van der Waals surface area contributed by atoms with Crippen molar-refractivity contribution in [2.75, 3.05) is 12.9 Å². The van der Waals surface area contributed by atoms with Gasteiger partial charge in [-0.25, -0.2) is 0 Å². The molecule has 0 unspecified atom stereocenters. The number of rotatable bonds is 5. The van der Waals surface area contributed by atoms with Crippen LogP contribution < -0.4 is 4.74 Å². The molecule has 5 nitrogen and oxygen atoms in total. The summed E-state index contributed by atoms with van der Waals surface area (Å²) in [7, 11) is 1.63. The summed E-state index contributed by atoms with van der Waals surface area (Å²) in [4.78, 5) is 0. The molecular formula is C12H12N4OS. The van der Waals surface area contributed by atoms with Crippen molar-refractivity contribution < 1.29 is 4.74 Å². The third-order valence-electron chi connectivity index (χ3n) is 2.29. The zero-order valence-electron chi connectivity index (χ0n) is 9.91. The molecule has 0 aliphatic heterocycles. The molecule has 1 aromatic carbocycles. The van der Waals surface area contributed by atoms with Crippen LogP contribution in [0.3, 0.4) is 0 Å². The van der Waals surface area contributed by atoms with Crippen LogP contribution in [-0.4, -0.2) is 27.6 Å². The maximum atomic E-state index is 8.53. The molecular weight excluding hydrogens is 248 g/mol. The molecule has 2 aromatic rings. The Morgan fingerprint density at radius 2 is 2.39 bits per heavy atom. The Kier molecular flexibility index (Phi) is 4.20. The number of methoxy groups -OCH3 is 1. The Balaban J connectivity index is 2.22. The number of aromatic nitrogens is 3. The Morgan fingerprint density at radius 1 is 1.50 bits per heavy atom. The molecule has 1 heterocycles. The van der Waals surface area contributed by atoms with Crippen LogP contribution >= 0.6 is 11.8 Å². The highest BCUT2D eigenvalue weighted by Gasteiger charge is 2.07. The van der Waals surface area contributed by atoms with E-state index in [9.17, 15) is 0 Å². The molecule has 0 aliphatic rings. The van der Waals surface area contributed by atoms with Gasteiger partial charge >= 0.3 is 0 Å². The van der Waals surface area contributed by atoms with E-state index < -0.39 is 0 Å². The van der Waals surface area contributed by atoms with Gasteiger partial charge in [0.2, 0.25) is 0 Å². The minimum absolute atomic E-state index is 0.496. The van der Waals surface area contributed by atoms with Crippen LogP contribution in [-0.2, 0) is 0 Å². The maximum absolute atomic E-state index is 8.53. The van der Waals surface area contributed by atoms with Gasteiger partial charge in [0.1, 0.15) is 12.1 Å². The number of hydrogen-bond acceptors (Lipinski definition) is 5. The Labute approximate surface area is 109 Å². The van der Waals surface area contributed by atoms with Crippen LogP contribution in [0.4, 0.5) is 0 Å². The van der Waals surface area contributed by atoms with Gasteiger partial charge in [-0.1, -0.05) is 17.8 Å². The van der Waals surface area contributed by atoms with Gasteiger partial charge in [-0.05, 0) is 12.1 Å². The lowest BCUT2D eigenvalue weighted by atomic mass is 10.3. The van der Waals surface area contributed by atoms with Crippen LogP contribution in [0.1, 0.15) is 6.42 Å². The molecule has 0 fully saturated rings. The van der Waals surface area contributed by atoms with Gasteiger partial charge in [0.05, 0.1) is 18.9 Å². The number of nitrogens with zero attached hydrogens (tertiary/aromatic N) is 4. The van der Waals surface area contributed by atoms with Crippen molar-refractivity contribution in [3.05, 3.63) is 30.6 Å². The number of benzene rings is 1. The van der Waals surface area contributed by atoms with Crippen LogP contribution in [0.25, 0.3) is 5.69 Å². The largest absolute Gasteiger partial charge is 0.497 e. The minimum Gasteiger partial charge on any atom is -0.497 e. The summed E-state index contributed by atoms with van der Waals surface area (Å²) >= 11 is 1.51. The highest BCUT2D eigenvalue weighted by Crippen LogP contribution is 2.22. The molecule has 0 amide bonds. The number of thioether (sulfide) groups is 1. The molecule has 6 heteroatoms. The molecule has 0 spiro atoms. The first-order valence-corrected chi connectivity index (χ1v) is 6.38. The lowest BCUT2D eigenvalue weighted by Gasteiger charge is -2.07. The van der Waals surface area contributed by atoms with Gasteiger partial charge < -0.3 is 4.74 Å². The second kappa shape index (κ2) is 6.07. The van der Waals surface area contributed by atoms with Crippen LogP contribution in [0, 0.1) is 11.3 Å². The van der Waals surface area contributed by atoms with E-state index in [1.54, 1.807) is 13.4 Å². The molecule has 0 saturated carbocycles. The van der Waals surface area contributed by atoms with Gasteiger partial charge in [-0.3, -0.25) is 4.57 Å². The maximum Gasteiger partial charge on any atom is 0.195 e.